The molecule has 128 valence electrons. The van der Waals surface area contributed by atoms with E-state index in [-0.39, 0.29) is 24.2 Å². The van der Waals surface area contributed by atoms with Crippen LogP contribution in [0.2, 0.25) is 0 Å². The highest BCUT2D eigenvalue weighted by atomic mass is 35.5. The molecule has 1 unspecified atom stereocenters. The third-order valence-electron chi connectivity index (χ3n) is 4.78. The second-order valence-electron chi connectivity index (χ2n) is 6.79. The van der Waals surface area contributed by atoms with Gasteiger partial charge in [-0.1, -0.05) is 19.1 Å². The summed E-state index contributed by atoms with van der Waals surface area (Å²) >= 11 is 0. The molecule has 1 aliphatic carbocycles. The molecule has 1 saturated heterocycles. The Morgan fingerprint density at radius 2 is 2.13 bits per heavy atom. The Bertz CT molecular complexity index is 542. The summed E-state index contributed by atoms with van der Waals surface area (Å²) < 4.78 is 5.95. The van der Waals surface area contributed by atoms with Crippen molar-refractivity contribution in [3.8, 4) is 5.75 Å². The molecule has 1 aromatic rings. The number of benzene rings is 1. The largest absolute Gasteiger partial charge is 0.493 e. The molecule has 23 heavy (non-hydrogen) atoms. The molecule has 5 heteroatoms. The highest BCUT2D eigenvalue weighted by molar-refractivity contribution is 5.85. The standard InChI is InChI=1S/C18H26N2O2.ClH/c1-12-3-6-15(17(7-12)22-11-14-4-5-14)10-20-18(21)13(2)16-8-19-9-16;/h3,6-7,13-14,16,19H,4-5,8-11H2,1-2H3,(H,20,21);1H. The molecule has 1 amide bonds. The minimum Gasteiger partial charge on any atom is -0.493 e. The van der Waals surface area contributed by atoms with E-state index in [2.05, 4.69) is 35.8 Å². The van der Waals surface area contributed by atoms with Gasteiger partial charge in [-0.2, -0.15) is 0 Å². The van der Waals surface area contributed by atoms with Gasteiger partial charge >= 0.3 is 0 Å². The fourth-order valence-corrected chi connectivity index (χ4v) is 2.66. The molecule has 4 nitrogen and oxygen atoms in total. The number of carbonyl (C=O) groups is 1. The van der Waals surface area contributed by atoms with Crippen LogP contribution in [0.1, 0.15) is 30.9 Å². The number of nitrogens with one attached hydrogen (secondary N) is 2. The number of amides is 1. The highest BCUT2D eigenvalue weighted by Crippen LogP contribution is 2.30. The average molecular weight is 339 g/mol. The first-order valence-electron chi connectivity index (χ1n) is 8.34. The van der Waals surface area contributed by atoms with Crippen LogP contribution in [-0.2, 0) is 11.3 Å². The lowest BCUT2D eigenvalue weighted by Gasteiger charge is -2.31. The van der Waals surface area contributed by atoms with Gasteiger partial charge in [0.2, 0.25) is 5.91 Å². The number of hydrogen-bond acceptors (Lipinski definition) is 3. The predicted molar refractivity (Wildman–Crippen MR) is 94.0 cm³/mol. The molecular formula is C18H27ClN2O2. The fourth-order valence-electron chi connectivity index (χ4n) is 2.66. The molecule has 1 saturated carbocycles. The van der Waals surface area contributed by atoms with Gasteiger partial charge in [0.25, 0.3) is 0 Å². The van der Waals surface area contributed by atoms with Crippen LogP contribution in [0.4, 0.5) is 0 Å². The lowest BCUT2D eigenvalue weighted by molar-refractivity contribution is -0.126. The summed E-state index contributed by atoms with van der Waals surface area (Å²) in [5, 5.41) is 6.28. The maximum absolute atomic E-state index is 12.2. The molecule has 3 rings (SSSR count). The minimum absolute atomic E-state index is 0. The Balaban J connectivity index is 0.00000192. The zero-order valence-electron chi connectivity index (χ0n) is 13.9. The summed E-state index contributed by atoms with van der Waals surface area (Å²) in [6, 6.07) is 6.21. The number of halogens is 1. The summed E-state index contributed by atoms with van der Waals surface area (Å²) in [7, 11) is 0. The first kappa shape index (κ1) is 18.1. The zero-order chi connectivity index (χ0) is 15.5. The first-order valence-corrected chi connectivity index (χ1v) is 8.34. The van der Waals surface area contributed by atoms with Crippen LogP contribution in [-0.4, -0.2) is 25.6 Å². The first-order chi connectivity index (χ1) is 10.6. The number of hydrogen-bond donors (Lipinski definition) is 2. The van der Waals surface area contributed by atoms with Crippen molar-refractivity contribution < 1.29 is 9.53 Å². The van der Waals surface area contributed by atoms with Crippen molar-refractivity contribution in [1.82, 2.24) is 10.6 Å². The Hall–Kier alpha value is -1.26. The van der Waals surface area contributed by atoms with Crippen molar-refractivity contribution in [1.29, 1.82) is 0 Å². The third kappa shape index (κ3) is 4.85. The number of ether oxygens (including phenoxy) is 1. The lowest BCUT2D eigenvalue weighted by atomic mass is 9.88. The van der Waals surface area contributed by atoms with Crippen LogP contribution < -0.4 is 15.4 Å². The second-order valence-corrected chi connectivity index (χ2v) is 6.79. The Morgan fingerprint density at radius 3 is 2.74 bits per heavy atom. The zero-order valence-corrected chi connectivity index (χ0v) is 14.7. The van der Waals surface area contributed by atoms with E-state index >= 15 is 0 Å². The summed E-state index contributed by atoms with van der Waals surface area (Å²) in [6.07, 6.45) is 2.57. The summed E-state index contributed by atoms with van der Waals surface area (Å²) in [5.41, 5.74) is 2.26. The van der Waals surface area contributed by atoms with E-state index in [0.717, 1.165) is 36.9 Å². The van der Waals surface area contributed by atoms with Crippen molar-refractivity contribution in [3.63, 3.8) is 0 Å². The quantitative estimate of drug-likeness (QED) is 0.803. The monoisotopic (exact) mass is 338 g/mol. The molecule has 0 spiro atoms. The van der Waals surface area contributed by atoms with Gasteiger partial charge in [-0.3, -0.25) is 4.79 Å². The molecule has 2 aliphatic rings. The van der Waals surface area contributed by atoms with E-state index in [1.807, 2.05) is 6.92 Å². The van der Waals surface area contributed by atoms with Crippen LogP contribution in [0.5, 0.6) is 5.75 Å². The number of rotatable bonds is 7. The molecule has 2 fully saturated rings. The van der Waals surface area contributed by atoms with Gasteiger partial charge < -0.3 is 15.4 Å². The lowest BCUT2D eigenvalue weighted by Crippen LogP contribution is -2.49. The van der Waals surface area contributed by atoms with Crippen LogP contribution >= 0.6 is 12.4 Å². The predicted octanol–water partition coefficient (Wildman–Crippen LogP) is 2.68. The van der Waals surface area contributed by atoms with Crippen molar-refractivity contribution in [2.75, 3.05) is 19.7 Å². The van der Waals surface area contributed by atoms with Crippen molar-refractivity contribution >= 4 is 18.3 Å². The molecule has 0 aromatic heterocycles. The molecule has 0 radical (unpaired) electrons. The van der Waals surface area contributed by atoms with E-state index in [9.17, 15) is 4.79 Å². The van der Waals surface area contributed by atoms with Crippen LogP contribution in [0.3, 0.4) is 0 Å². The second kappa shape index (κ2) is 8.02. The molecule has 1 atom stereocenters. The van der Waals surface area contributed by atoms with Gasteiger partial charge in [-0.05, 0) is 56.3 Å². The van der Waals surface area contributed by atoms with Gasteiger partial charge in [0.05, 0.1) is 6.61 Å². The summed E-state index contributed by atoms with van der Waals surface area (Å²) in [6.45, 7) is 7.33. The minimum atomic E-state index is 0. The highest BCUT2D eigenvalue weighted by Gasteiger charge is 2.28. The van der Waals surface area contributed by atoms with Crippen molar-refractivity contribution in [3.05, 3.63) is 29.3 Å². The normalized spacial score (nSPS) is 18.5. The van der Waals surface area contributed by atoms with E-state index in [4.69, 9.17) is 4.74 Å². The molecular weight excluding hydrogens is 312 g/mol. The van der Waals surface area contributed by atoms with Crippen LogP contribution in [0.15, 0.2) is 18.2 Å². The van der Waals surface area contributed by atoms with Gasteiger partial charge in [0.15, 0.2) is 0 Å². The third-order valence-corrected chi connectivity index (χ3v) is 4.78. The van der Waals surface area contributed by atoms with E-state index in [1.165, 1.54) is 18.4 Å². The average Bonchev–Trinajstić information content (AvgIpc) is 3.26. The van der Waals surface area contributed by atoms with Crippen LogP contribution in [0, 0.1) is 24.7 Å². The van der Waals surface area contributed by atoms with Gasteiger partial charge in [-0.15, -0.1) is 12.4 Å². The smallest absolute Gasteiger partial charge is 0.223 e. The van der Waals surface area contributed by atoms with Gasteiger partial charge in [-0.25, -0.2) is 0 Å². The molecule has 1 aromatic carbocycles. The maximum Gasteiger partial charge on any atom is 0.223 e. The SMILES string of the molecule is Cc1ccc(CNC(=O)C(C)C2CNC2)c(OCC2CC2)c1.Cl. The Morgan fingerprint density at radius 1 is 1.39 bits per heavy atom. The van der Waals surface area contributed by atoms with Gasteiger partial charge in [0.1, 0.15) is 5.75 Å². The van der Waals surface area contributed by atoms with E-state index in [1.54, 1.807) is 0 Å². The van der Waals surface area contributed by atoms with Crippen molar-refractivity contribution in [2.45, 2.75) is 33.2 Å². The Kier molecular flexibility index (Phi) is 6.31. The maximum atomic E-state index is 12.2. The molecule has 0 bridgehead atoms. The topological polar surface area (TPSA) is 50.4 Å². The summed E-state index contributed by atoms with van der Waals surface area (Å²) in [4.78, 5) is 12.2. The number of aryl methyl sites for hydroxylation is 1. The molecule has 1 heterocycles. The van der Waals surface area contributed by atoms with Gasteiger partial charge in [0, 0.05) is 18.0 Å². The Labute approximate surface area is 144 Å². The fraction of sp³-hybridized carbons (Fsp3) is 0.611. The number of carbonyl (C=O) groups excluding carboxylic acids is 1. The van der Waals surface area contributed by atoms with Crippen molar-refractivity contribution in [2.24, 2.45) is 17.8 Å². The summed E-state index contributed by atoms with van der Waals surface area (Å²) in [5.74, 6) is 2.34. The van der Waals surface area contributed by atoms with E-state index in [0.29, 0.717) is 12.5 Å². The molecule has 1 aliphatic heterocycles. The molecule has 2 N–H and O–H groups in total. The van der Waals surface area contributed by atoms with E-state index < -0.39 is 0 Å². The van der Waals surface area contributed by atoms with Crippen LogP contribution in [0.25, 0.3) is 0 Å².